The maximum Gasteiger partial charge on any atom is 0.272 e. The number of carbonyl (C=O) groups is 1. The topological polar surface area (TPSA) is 105 Å². The molecular weight excluding hydrogens is 534 g/mol. The van der Waals surface area contributed by atoms with E-state index < -0.39 is 5.41 Å². The van der Waals surface area contributed by atoms with Gasteiger partial charge in [0, 0.05) is 18.1 Å². The van der Waals surface area contributed by atoms with E-state index in [9.17, 15) is 9.59 Å². The van der Waals surface area contributed by atoms with Gasteiger partial charge < -0.3 is 10.6 Å². The van der Waals surface area contributed by atoms with E-state index in [-0.39, 0.29) is 29.5 Å². The van der Waals surface area contributed by atoms with Crippen molar-refractivity contribution < 1.29 is 4.79 Å². The second kappa shape index (κ2) is 12.0. The van der Waals surface area contributed by atoms with Gasteiger partial charge in [0.1, 0.15) is 0 Å². The molecule has 3 aromatic rings. The van der Waals surface area contributed by atoms with Crippen LogP contribution in [0.2, 0.25) is 0 Å². The summed E-state index contributed by atoms with van der Waals surface area (Å²) in [7, 11) is 0. The van der Waals surface area contributed by atoms with E-state index in [0.717, 1.165) is 43.4 Å². The molecule has 226 valence electrons. The zero-order chi connectivity index (χ0) is 30.9. The first-order valence-electron chi connectivity index (χ1n) is 15.4. The maximum absolute atomic E-state index is 14.8. The number of amides is 1. The fourth-order valence-electron chi connectivity index (χ4n) is 6.23. The largest absolute Gasteiger partial charge is 0.329 e. The molecule has 3 N–H and O–H groups in total. The molecule has 7 nitrogen and oxygen atoms in total. The summed E-state index contributed by atoms with van der Waals surface area (Å²) in [4.78, 5) is 34.2. The van der Waals surface area contributed by atoms with Gasteiger partial charge in [-0.1, -0.05) is 56.7 Å². The second-order valence-electron chi connectivity index (χ2n) is 13.5. The van der Waals surface area contributed by atoms with Crippen LogP contribution in [0.4, 0.5) is 0 Å². The lowest BCUT2D eigenvalue weighted by Gasteiger charge is -2.38. The van der Waals surface area contributed by atoms with Crippen LogP contribution in [0.5, 0.6) is 0 Å². The minimum Gasteiger partial charge on any atom is -0.329 e. The van der Waals surface area contributed by atoms with E-state index in [4.69, 9.17) is 10.7 Å². The average Bonchev–Trinajstić information content (AvgIpc) is 3.79. The van der Waals surface area contributed by atoms with Gasteiger partial charge in [0.05, 0.1) is 34.8 Å². The summed E-state index contributed by atoms with van der Waals surface area (Å²) in [5.74, 6) is 0.125. The van der Waals surface area contributed by atoms with Crippen molar-refractivity contribution in [2.24, 2.45) is 5.73 Å². The number of aromatic nitrogens is 3. The first-order valence-corrected chi connectivity index (χ1v) is 15.4. The predicted molar refractivity (Wildman–Crippen MR) is 174 cm³/mol. The Balaban J connectivity index is 1.56. The Morgan fingerprint density at radius 1 is 1.16 bits per heavy atom. The number of allylic oxidation sites excluding steroid dienone is 5. The number of nitrogens with zero attached hydrogens (tertiary/aromatic N) is 3. The molecule has 43 heavy (non-hydrogen) atoms. The lowest BCUT2D eigenvalue weighted by atomic mass is 9.85. The van der Waals surface area contributed by atoms with Gasteiger partial charge in [-0.15, -0.1) is 0 Å². The number of fused-ring (bicyclic) bond motifs is 1. The fraction of sp³-hybridized carbons (Fsp3) is 0.444. The predicted octanol–water partition coefficient (Wildman–Crippen LogP) is 6.53. The van der Waals surface area contributed by atoms with Gasteiger partial charge in [-0.05, 0) is 98.8 Å². The number of benzene rings is 1. The quantitative estimate of drug-likeness (QED) is 0.295. The maximum atomic E-state index is 14.8. The lowest BCUT2D eigenvalue weighted by molar-refractivity contribution is -0.136. The van der Waals surface area contributed by atoms with Gasteiger partial charge in [0.25, 0.3) is 5.56 Å². The van der Waals surface area contributed by atoms with Gasteiger partial charge in [-0.3, -0.25) is 14.6 Å². The standard InChI is InChI=1S/C36H45N5O2/c1-23(2)9-7-10-25-11-8-12-32(24(25)3)41(22-28-15-13-27(21-38-28)35(4,5)6)34(43)36(17-18-36)26-14-16-29-30(19-26)31(20-37)39-40-33(29)42/h7,9-10,13-16,19,21,32H,8,11-12,17-18,20,22,37H2,1-6H3,(H,40,42)/b10-7-. The Hall–Kier alpha value is -3.84. The third-order valence-electron chi connectivity index (χ3n) is 9.09. The molecule has 1 aromatic carbocycles. The number of carbonyl (C=O) groups excluding carboxylic acids is 1. The van der Waals surface area contributed by atoms with Crippen molar-refractivity contribution in [3.8, 4) is 0 Å². The molecule has 0 bridgehead atoms. The number of H-pyrrole nitrogens is 1. The van der Waals surface area contributed by atoms with Crippen molar-refractivity contribution in [1.29, 1.82) is 0 Å². The molecule has 5 rings (SSSR count). The molecule has 2 aromatic heterocycles. The number of pyridine rings is 1. The number of nitrogens with one attached hydrogen (secondary N) is 1. The SMILES string of the molecule is CC(C)=C/C=C\C1=C(C)C(N(Cc2ccc(C(C)(C)C)cn2)C(=O)C2(c3ccc4c(=O)[nH]nc(CN)c4c3)CC2)CCC1. The summed E-state index contributed by atoms with van der Waals surface area (Å²) < 4.78 is 0. The van der Waals surface area contributed by atoms with E-state index in [2.05, 4.69) is 87.0 Å². The molecule has 0 aliphatic heterocycles. The van der Waals surface area contributed by atoms with Crippen LogP contribution in [0.1, 0.15) is 96.2 Å². The van der Waals surface area contributed by atoms with Crippen molar-refractivity contribution in [3.63, 3.8) is 0 Å². The highest BCUT2D eigenvalue weighted by Gasteiger charge is 2.54. The summed E-state index contributed by atoms with van der Waals surface area (Å²) in [5.41, 5.74) is 12.5. The van der Waals surface area contributed by atoms with E-state index in [1.165, 1.54) is 22.3 Å². The van der Waals surface area contributed by atoms with Gasteiger partial charge >= 0.3 is 0 Å². The van der Waals surface area contributed by atoms with Gasteiger partial charge in [0.15, 0.2) is 0 Å². The molecule has 0 saturated heterocycles. The lowest BCUT2D eigenvalue weighted by Crippen LogP contribution is -2.47. The van der Waals surface area contributed by atoms with Gasteiger partial charge in [-0.2, -0.15) is 5.10 Å². The van der Waals surface area contributed by atoms with E-state index >= 15 is 0 Å². The van der Waals surface area contributed by atoms with E-state index in [1.807, 2.05) is 24.4 Å². The minimum atomic E-state index is -0.635. The Kier molecular flexibility index (Phi) is 8.57. The Morgan fingerprint density at radius 3 is 2.56 bits per heavy atom. The summed E-state index contributed by atoms with van der Waals surface area (Å²) in [5, 5.41) is 7.97. The number of hydrogen-bond acceptors (Lipinski definition) is 5. The first kappa shape index (κ1) is 30.6. The molecule has 7 heteroatoms. The molecular formula is C36H45N5O2. The monoisotopic (exact) mass is 579 g/mol. The summed E-state index contributed by atoms with van der Waals surface area (Å²) >= 11 is 0. The molecule has 0 spiro atoms. The van der Waals surface area contributed by atoms with Crippen LogP contribution in [0.15, 0.2) is 76.3 Å². The number of nitrogens with two attached hydrogens (primary N) is 1. The van der Waals surface area contributed by atoms with Crippen LogP contribution < -0.4 is 11.3 Å². The minimum absolute atomic E-state index is 0.00334. The number of rotatable bonds is 8. The zero-order valence-corrected chi connectivity index (χ0v) is 26.5. The molecule has 1 atom stereocenters. The van der Waals surface area contributed by atoms with Crippen molar-refractivity contribution in [1.82, 2.24) is 20.1 Å². The molecule has 1 fully saturated rings. The van der Waals surface area contributed by atoms with Crippen LogP contribution in [0.3, 0.4) is 0 Å². The Labute approximate surface area is 255 Å². The van der Waals surface area contributed by atoms with Gasteiger partial charge in [0.2, 0.25) is 5.91 Å². The van der Waals surface area contributed by atoms with Crippen LogP contribution in [0, 0.1) is 0 Å². The molecule has 1 saturated carbocycles. The summed E-state index contributed by atoms with van der Waals surface area (Å²) in [6, 6.07) is 9.91. The Morgan fingerprint density at radius 2 is 1.93 bits per heavy atom. The summed E-state index contributed by atoms with van der Waals surface area (Å²) in [6.45, 7) is 13.6. The molecule has 2 aliphatic rings. The van der Waals surface area contributed by atoms with Gasteiger partial charge in [-0.25, -0.2) is 5.10 Å². The number of hydrogen-bond donors (Lipinski definition) is 2. The normalized spacial score (nSPS) is 18.3. The molecule has 2 aliphatic carbocycles. The third kappa shape index (κ3) is 6.28. The summed E-state index contributed by atoms with van der Waals surface area (Å²) in [6.07, 6.45) is 12.9. The fourth-order valence-corrected chi connectivity index (χ4v) is 6.23. The zero-order valence-electron chi connectivity index (χ0n) is 26.5. The highest BCUT2D eigenvalue weighted by molar-refractivity contribution is 5.94. The highest BCUT2D eigenvalue weighted by atomic mass is 16.2. The third-order valence-corrected chi connectivity index (χ3v) is 9.09. The average molecular weight is 580 g/mol. The van der Waals surface area contributed by atoms with E-state index in [0.29, 0.717) is 23.0 Å². The number of aromatic amines is 1. The molecule has 2 heterocycles. The highest BCUT2D eigenvalue weighted by Crippen LogP contribution is 2.51. The van der Waals surface area contributed by atoms with Crippen LogP contribution >= 0.6 is 0 Å². The molecule has 1 amide bonds. The van der Waals surface area contributed by atoms with Crippen LogP contribution in [0.25, 0.3) is 10.8 Å². The van der Waals surface area contributed by atoms with E-state index in [1.54, 1.807) is 0 Å². The van der Waals surface area contributed by atoms with Crippen LogP contribution in [-0.4, -0.2) is 32.0 Å². The second-order valence-corrected chi connectivity index (χ2v) is 13.5. The van der Waals surface area contributed by atoms with Crippen molar-refractivity contribution in [2.45, 2.75) is 104 Å². The molecule has 0 radical (unpaired) electrons. The van der Waals surface area contributed by atoms with Crippen molar-refractivity contribution in [2.75, 3.05) is 0 Å². The van der Waals surface area contributed by atoms with Crippen molar-refractivity contribution in [3.05, 3.63) is 104 Å². The first-order chi connectivity index (χ1) is 20.4. The molecule has 1 unspecified atom stereocenters. The smallest absolute Gasteiger partial charge is 0.272 e. The van der Waals surface area contributed by atoms with Crippen molar-refractivity contribution >= 4 is 16.7 Å². The Bertz CT molecular complexity index is 1660. The van der Waals surface area contributed by atoms with Crippen LogP contribution in [-0.2, 0) is 28.7 Å².